The van der Waals surface area contributed by atoms with Gasteiger partial charge in [0.25, 0.3) is 11.8 Å². The third-order valence-electron chi connectivity index (χ3n) is 6.53. The lowest BCUT2D eigenvalue weighted by Crippen LogP contribution is -2.38. The number of rotatable bonds is 8. The summed E-state index contributed by atoms with van der Waals surface area (Å²) in [5.74, 6) is 0.118. The quantitative estimate of drug-likeness (QED) is 0.348. The molecule has 1 N–H and O–H groups in total. The van der Waals surface area contributed by atoms with Gasteiger partial charge in [-0.15, -0.1) is 0 Å². The van der Waals surface area contributed by atoms with Crippen LogP contribution in [0.3, 0.4) is 0 Å². The van der Waals surface area contributed by atoms with Crippen molar-refractivity contribution in [2.75, 3.05) is 19.0 Å². The van der Waals surface area contributed by atoms with E-state index >= 15 is 0 Å². The molecule has 35 heavy (non-hydrogen) atoms. The van der Waals surface area contributed by atoms with Crippen LogP contribution in [0, 0.1) is 0 Å². The molecule has 0 spiro atoms. The fourth-order valence-electron chi connectivity index (χ4n) is 4.52. The third kappa shape index (κ3) is 6.51. The number of anilines is 1. The van der Waals surface area contributed by atoms with Crippen LogP contribution in [0.15, 0.2) is 77.3 Å². The molecule has 0 aliphatic heterocycles. The normalized spacial score (nSPS) is 13.8. The topological polar surface area (TPSA) is 58.6 Å². The minimum absolute atomic E-state index is 0.0682. The van der Waals surface area contributed by atoms with Gasteiger partial charge >= 0.3 is 0 Å². The Kier molecular flexibility index (Phi) is 8.59. The highest BCUT2D eigenvalue weighted by atomic mass is 79.9. The van der Waals surface area contributed by atoms with Crippen LogP contribution in [-0.4, -0.2) is 36.4 Å². The second-order valence-corrected chi connectivity index (χ2v) is 9.85. The first-order chi connectivity index (χ1) is 17.0. The molecule has 3 aromatic rings. The van der Waals surface area contributed by atoms with Crippen LogP contribution >= 0.6 is 15.9 Å². The lowest BCUT2D eigenvalue weighted by atomic mass is 9.94. The van der Waals surface area contributed by atoms with Gasteiger partial charge in [-0.05, 0) is 48.7 Å². The van der Waals surface area contributed by atoms with E-state index in [1.54, 1.807) is 24.3 Å². The summed E-state index contributed by atoms with van der Waals surface area (Å²) < 4.78 is 6.77. The van der Waals surface area contributed by atoms with Gasteiger partial charge < -0.3 is 15.0 Å². The van der Waals surface area contributed by atoms with E-state index in [1.807, 2.05) is 48.3 Å². The Hall–Kier alpha value is -3.12. The molecule has 6 heteroatoms. The van der Waals surface area contributed by atoms with Gasteiger partial charge in [-0.25, -0.2) is 0 Å². The minimum atomic E-state index is -0.318. The maximum absolute atomic E-state index is 13.3. The van der Waals surface area contributed by atoms with Crippen molar-refractivity contribution in [3.8, 4) is 5.75 Å². The number of carbonyl (C=O) groups excluding carboxylic acids is 2. The zero-order valence-corrected chi connectivity index (χ0v) is 21.6. The van der Waals surface area contributed by atoms with E-state index in [4.69, 9.17) is 4.74 Å². The number of halogens is 1. The molecule has 1 saturated carbocycles. The third-order valence-corrected chi connectivity index (χ3v) is 7.02. The Bertz CT molecular complexity index is 1160. The second-order valence-electron chi connectivity index (χ2n) is 8.93. The van der Waals surface area contributed by atoms with Gasteiger partial charge in [0.05, 0.1) is 23.4 Å². The highest BCUT2D eigenvalue weighted by Gasteiger charge is 2.25. The van der Waals surface area contributed by atoms with Crippen molar-refractivity contribution >= 4 is 33.4 Å². The number of nitrogens with one attached hydrogen (secondary N) is 1. The van der Waals surface area contributed by atoms with Crippen molar-refractivity contribution in [2.24, 2.45) is 0 Å². The van der Waals surface area contributed by atoms with E-state index in [1.165, 1.54) is 12.0 Å². The molecule has 0 unspecified atom stereocenters. The van der Waals surface area contributed by atoms with E-state index in [9.17, 15) is 9.59 Å². The Morgan fingerprint density at radius 2 is 1.66 bits per heavy atom. The molecule has 1 aliphatic carbocycles. The number of para-hydroxylation sites is 1. The largest absolute Gasteiger partial charge is 0.492 e. The average Bonchev–Trinajstić information content (AvgIpc) is 2.90. The van der Waals surface area contributed by atoms with Crippen LogP contribution in [0.2, 0.25) is 0 Å². The van der Waals surface area contributed by atoms with Gasteiger partial charge in [0.15, 0.2) is 0 Å². The summed E-state index contributed by atoms with van der Waals surface area (Å²) in [6.07, 6.45) is 6.32. The van der Waals surface area contributed by atoms with Gasteiger partial charge in [-0.1, -0.05) is 77.7 Å². The Labute approximate surface area is 215 Å². The lowest BCUT2D eigenvalue weighted by Gasteiger charge is -2.31. The Morgan fingerprint density at radius 3 is 2.43 bits per heavy atom. The molecule has 1 fully saturated rings. The van der Waals surface area contributed by atoms with Crippen LogP contribution in [0.4, 0.5) is 5.69 Å². The zero-order valence-electron chi connectivity index (χ0n) is 20.0. The van der Waals surface area contributed by atoms with E-state index in [2.05, 4.69) is 33.4 Å². The van der Waals surface area contributed by atoms with Crippen molar-refractivity contribution in [1.82, 2.24) is 4.90 Å². The van der Waals surface area contributed by atoms with Gasteiger partial charge in [0.2, 0.25) is 0 Å². The number of amides is 2. The van der Waals surface area contributed by atoms with Crippen molar-refractivity contribution in [3.63, 3.8) is 0 Å². The first kappa shape index (κ1) is 25.0. The number of carbonyl (C=O) groups is 2. The molecule has 2 amide bonds. The first-order valence-corrected chi connectivity index (χ1v) is 13.0. The van der Waals surface area contributed by atoms with E-state index in [0.29, 0.717) is 29.2 Å². The number of hydrogen-bond acceptors (Lipinski definition) is 3. The summed E-state index contributed by atoms with van der Waals surface area (Å²) in [6.45, 7) is 0.452. The fourth-order valence-corrected chi connectivity index (χ4v) is 4.88. The van der Waals surface area contributed by atoms with Gasteiger partial charge in [0, 0.05) is 24.0 Å². The van der Waals surface area contributed by atoms with Crippen molar-refractivity contribution in [2.45, 2.75) is 44.6 Å². The van der Waals surface area contributed by atoms with Gasteiger partial charge in [-0.2, -0.15) is 0 Å². The summed E-state index contributed by atoms with van der Waals surface area (Å²) in [4.78, 5) is 28.5. The van der Waals surface area contributed by atoms with Gasteiger partial charge in [0.1, 0.15) is 5.75 Å². The van der Waals surface area contributed by atoms with E-state index in [0.717, 1.165) is 36.6 Å². The molecule has 0 atom stereocenters. The molecule has 0 radical (unpaired) electrons. The molecular weight excluding hydrogens is 504 g/mol. The summed E-state index contributed by atoms with van der Waals surface area (Å²) in [5.41, 5.74) is 2.58. The summed E-state index contributed by atoms with van der Waals surface area (Å²) in [6, 6.07) is 22.9. The highest BCUT2D eigenvalue weighted by molar-refractivity contribution is 9.10. The molecule has 0 aromatic heterocycles. The predicted octanol–water partition coefficient (Wildman–Crippen LogP) is 6.73. The van der Waals surface area contributed by atoms with Crippen LogP contribution in [0.25, 0.3) is 0 Å². The minimum Gasteiger partial charge on any atom is -0.492 e. The Morgan fingerprint density at radius 1 is 0.943 bits per heavy atom. The molecule has 0 saturated heterocycles. The van der Waals surface area contributed by atoms with Crippen LogP contribution < -0.4 is 10.1 Å². The highest BCUT2D eigenvalue weighted by Crippen LogP contribution is 2.27. The first-order valence-electron chi connectivity index (χ1n) is 12.2. The maximum atomic E-state index is 13.3. The average molecular weight is 535 g/mol. The lowest BCUT2D eigenvalue weighted by molar-refractivity contribution is 0.0697. The van der Waals surface area contributed by atoms with Crippen LogP contribution in [-0.2, 0) is 6.42 Å². The molecular formula is C29H31BrN2O3. The fraction of sp³-hybridized carbons (Fsp3) is 0.310. The predicted molar refractivity (Wildman–Crippen MR) is 143 cm³/mol. The number of benzene rings is 3. The number of ether oxygens (including phenoxy) is 1. The smallest absolute Gasteiger partial charge is 0.259 e. The molecule has 3 aromatic carbocycles. The molecule has 0 heterocycles. The molecule has 4 rings (SSSR count). The SMILES string of the molecule is CN(C(=O)c1ccccc1NC(=O)c1cc(Br)ccc1OCCc1ccccc1)C1CCCCC1. The summed E-state index contributed by atoms with van der Waals surface area (Å²) >= 11 is 3.46. The molecule has 0 bridgehead atoms. The number of hydrogen-bond donors (Lipinski definition) is 1. The molecule has 5 nitrogen and oxygen atoms in total. The van der Waals surface area contributed by atoms with Crippen LogP contribution in [0.5, 0.6) is 5.75 Å². The van der Waals surface area contributed by atoms with Crippen molar-refractivity contribution in [1.29, 1.82) is 0 Å². The number of nitrogens with zero attached hydrogens (tertiary/aromatic N) is 1. The molecule has 1 aliphatic rings. The van der Waals surface area contributed by atoms with E-state index < -0.39 is 0 Å². The maximum Gasteiger partial charge on any atom is 0.259 e. The zero-order chi connectivity index (χ0) is 24.6. The molecule has 182 valence electrons. The second kappa shape index (κ2) is 12.0. The Balaban J connectivity index is 1.49. The van der Waals surface area contributed by atoms with Crippen LogP contribution in [0.1, 0.15) is 58.4 Å². The van der Waals surface area contributed by atoms with E-state index in [-0.39, 0.29) is 17.9 Å². The standard InChI is InChI=1S/C29H31BrN2O3/c1-32(23-12-6-3-7-13-23)29(34)24-14-8-9-15-26(24)31-28(33)25-20-22(30)16-17-27(25)35-19-18-21-10-4-2-5-11-21/h2,4-5,8-11,14-17,20,23H,3,6-7,12-13,18-19H2,1H3,(H,31,33). The summed E-state index contributed by atoms with van der Waals surface area (Å²) in [7, 11) is 1.86. The van der Waals surface area contributed by atoms with Crippen molar-refractivity contribution < 1.29 is 14.3 Å². The van der Waals surface area contributed by atoms with Gasteiger partial charge in [-0.3, -0.25) is 9.59 Å². The van der Waals surface area contributed by atoms with Crippen molar-refractivity contribution in [3.05, 3.63) is 94.0 Å². The summed E-state index contributed by atoms with van der Waals surface area (Å²) in [5, 5.41) is 2.95. The monoisotopic (exact) mass is 534 g/mol.